The molecule has 0 spiro atoms. The molecule has 16 heavy (non-hydrogen) atoms. The monoisotopic (exact) mass is 245 g/mol. The highest BCUT2D eigenvalue weighted by atomic mass is 19.4. The van der Waals surface area contributed by atoms with Crippen molar-refractivity contribution in [2.45, 2.75) is 26.2 Å². The van der Waals surface area contributed by atoms with Gasteiger partial charge in [0.25, 0.3) is 0 Å². The molecule has 0 saturated heterocycles. The average molecular weight is 245 g/mol. The topological polar surface area (TPSA) is 12.9 Å². The van der Waals surface area contributed by atoms with E-state index < -0.39 is 23.7 Å². The molecular weight excluding hydrogens is 236 g/mol. The van der Waals surface area contributed by atoms with Crippen molar-refractivity contribution in [2.24, 2.45) is 0 Å². The fraction of sp³-hybridized carbons (Fsp3) is 0.444. The van der Waals surface area contributed by atoms with Gasteiger partial charge in [-0.3, -0.25) is 0 Å². The molecule has 0 bridgehead atoms. The van der Waals surface area contributed by atoms with Gasteiger partial charge < -0.3 is 0 Å². The molecule has 0 aliphatic heterocycles. The second-order valence-corrected chi connectivity index (χ2v) is 2.40. The predicted molar refractivity (Wildman–Crippen MR) is 45.6 cm³/mol. The van der Waals surface area contributed by atoms with Crippen LogP contribution in [0, 0.1) is 0 Å². The van der Waals surface area contributed by atoms with Gasteiger partial charge in [0.1, 0.15) is 11.4 Å². The van der Waals surface area contributed by atoms with Crippen molar-refractivity contribution in [3.05, 3.63) is 29.6 Å². The van der Waals surface area contributed by atoms with Crippen molar-refractivity contribution in [2.75, 3.05) is 0 Å². The highest BCUT2D eigenvalue weighted by Crippen LogP contribution is 2.32. The zero-order valence-electron chi connectivity index (χ0n) is 8.45. The Morgan fingerprint density at radius 1 is 0.812 bits per heavy atom. The lowest BCUT2D eigenvalue weighted by atomic mass is 10.3. The lowest BCUT2D eigenvalue weighted by Crippen LogP contribution is -2.14. The second-order valence-electron chi connectivity index (χ2n) is 2.40. The molecule has 1 rings (SSSR count). The number of halogens is 6. The maximum Gasteiger partial charge on any atom is 0.433 e. The van der Waals surface area contributed by atoms with E-state index in [2.05, 4.69) is 4.98 Å². The summed E-state index contributed by atoms with van der Waals surface area (Å²) < 4.78 is 71.6. The number of aromatic nitrogens is 1. The Morgan fingerprint density at radius 3 is 1.38 bits per heavy atom. The Morgan fingerprint density at radius 2 is 1.12 bits per heavy atom. The van der Waals surface area contributed by atoms with Crippen LogP contribution in [0.15, 0.2) is 18.2 Å². The van der Waals surface area contributed by atoms with Crippen molar-refractivity contribution in [3.63, 3.8) is 0 Å². The molecule has 1 heterocycles. The van der Waals surface area contributed by atoms with Gasteiger partial charge in [0.15, 0.2) is 0 Å². The number of nitrogens with zero attached hydrogens (tertiary/aromatic N) is 1. The molecule has 0 amide bonds. The van der Waals surface area contributed by atoms with Crippen molar-refractivity contribution in [1.82, 2.24) is 4.98 Å². The highest BCUT2D eigenvalue weighted by Gasteiger charge is 2.37. The molecule has 7 heteroatoms. The number of hydrogen-bond donors (Lipinski definition) is 0. The van der Waals surface area contributed by atoms with Crippen LogP contribution in [0.5, 0.6) is 0 Å². The molecule has 0 aliphatic rings. The van der Waals surface area contributed by atoms with Crippen LogP contribution >= 0.6 is 0 Å². The van der Waals surface area contributed by atoms with Crippen LogP contribution in [0.1, 0.15) is 25.2 Å². The fourth-order valence-corrected chi connectivity index (χ4v) is 0.750. The lowest BCUT2D eigenvalue weighted by molar-refractivity contribution is -0.150. The summed E-state index contributed by atoms with van der Waals surface area (Å²) >= 11 is 0. The Hall–Kier alpha value is -1.27. The van der Waals surface area contributed by atoms with Crippen LogP contribution < -0.4 is 0 Å². The van der Waals surface area contributed by atoms with Gasteiger partial charge in [0.2, 0.25) is 0 Å². The molecule has 0 aromatic carbocycles. The molecule has 0 fully saturated rings. The summed E-state index contributed by atoms with van der Waals surface area (Å²) in [5.74, 6) is 0. The van der Waals surface area contributed by atoms with Crippen LogP contribution in [-0.2, 0) is 12.4 Å². The first kappa shape index (κ1) is 14.7. The number of alkyl halides is 6. The van der Waals surface area contributed by atoms with E-state index in [1.54, 1.807) is 0 Å². The summed E-state index contributed by atoms with van der Waals surface area (Å²) in [6, 6.07) is 1.63. The van der Waals surface area contributed by atoms with E-state index in [9.17, 15) is 26.3 Å². The summed E-state index contributed by atoms with van der Waals surface area (Å²) in [5.41, 5.74) is -3.10. The zero-order chi connectivity index (χ0) is 13.0. The van der Waals surface area contributed by atoms with E-state index in [0.29, 0.717) is 18.2 Å². The van der Waals surface area contributed by atoms with Crippen molar-refractivity contribution in [1.29, 1.82) is 0 Å². The second kappa shape index (κ2) is 5.18. The van der Waals surface area contributed by atoms with Gasteiger partial charge in [-0.15, -0.1) is 0 Å². The maximum absolute atomic E-state index is 11.9. The van der Waals surface area contributed by atoms with Gasteiger partial charge >= 0.3 is 12.4 Å². The number of pyridine rings is 1. The Balaban J connectivity index is 0.00000106. The van der Waals surface area contributed by atoms with E-state index in [4.69, 9.17) is 0 Å². The first-order chi connectivity index (χ1) is 7.21. The van der Waals surface area contributed by atoms with E-state index >= 15 is 0 Å². The normalized spacial score (nSPS) is 11.8. The molecule has 0 radical (unpaired) electrons. The van der Waals surface area contributed by atoms with Crippen molar-refractivity contribution >= 4 is 0 Å². The third-order valence-electron chi connectivity index (χ3n) is 1.33. The van der Waals surface area contributed by atoms with Crippen LogP contribution in [0.2, 0.25) is 0 Å². The molecule has 0 N–H and O–H groups in total. The van der Waals surface area contributed by atoms with Crippen LogP contribution in [-0.4, -0.2) is 4.98 Å². The van der Waals surface area contributed by atoms with Crippen LogP contribution in [0.25, 0.3) is 0 Å². The molecule has 1 nitrogen and oxygen atoms in total. The SMILES string of the molecule is CC.FC(F)(F)c1cccc(C(F)(F)F)n1. The van der Waals surface area contributed by atoms with Gasteiger partial charge in [-0.1, -0.05) is 19.9 Å². The first-order valence-corrected chi connectivity index (χ1v) is 4.33. The molecular formula is C9H9F6N. The smallest absolute Gasteiger partial charge is 0.239 e. The largest absolute Gasteiger partial charge is 0.433 e. The average Bonchev–Trinajstić information content (AvgIpc) is 2.18. The van der Waals surface area contributed by atoms with Crippen LogP contribution in [0.3, 0.4) is 0 Å². The minimum atomic E-state index is -4.86. The molecule has 0 atom stereocenters. The van der Waals surface area contributed by atoms with E-state index in [1.807, 2.05) is 13.8 Å². The minimum absolute atomic E-state index is 0.481. The van der Waals surface area contributed by atoms with Crippen molar-refractivity contribution in [3.8, 4) is 0 Å². The van der Waals surface area contributed by atoms with E-state index in [-0.39, 0.29) is 0 Å². The molecule has 0 aliphatic carbocycles. The molecule has 0 unspecified atom stereocenters. The summed E-state index contributed by atoms with van der Waals surface area (Å²) in [6.45, 7) is 4.00. The third-order valence-corrected chi connectivity index (χ3v) is 1.33. The van der Waals surface area contributed by atoms with Gasteiger partial charge in [-0.2, -0.15) is 26.3 Å². The highest BCUT2D eigenvalue weighted by molar-refractivity contribution is 5.15. The Kier molecular flexibility index (Phi) is 4.77. The summed E-state index contributed by atoms with van der Waals surface area (Å²) in [4.78, 5) is 2.47. The number of hydrogen-bond acceptors (Lipinski definition) is 1. The molecule has 92 valence electrons. The van der Waals surface area contributed by atoms with Crippen LogP contribution in [0.4, 0.5) is 26.3 Å². The van der Waals surface area contributed by atoms with Gasteiger partial charge in [0, 0.05) is 0 Å². The van der Waals surface area contributed by atoms with Gasteiger partial charge in [0.05, 0.1) is 0 Å². The Bertz CT molecular complexity index is 298. The lowest BCUT2D eigenvalue weighted by Gasteiger charge is -2.09. The van der Waals surface area contributed by atoms with E-state index in [0.717, 1.165) is 0 Å². The molecule has 0 saturated carbocycles. The standard InChI is InChI=1S/C7H3F6N.C2H6/c8-6(9,10)4-2-1-3-5(14-4)7(11,12)13;1-2/h1-3H;1-2H3. The zero-order valence-corrected chi connectivity index (χ0v) is 8.45. The van der Waals surface area contributed by atoms with Gasteiger partial charge in [-0.05, 0) is 12.1 Å². The fourth-order valence-electron chi connectivity index (χ4n) is 0.750. The first-order valence-electron chi connectivity index (χ1n) is 4.33. The molecule has 1 aromatic rings. The third kappa shape index (κ3) is 4.08. The maximum atomic E-state index is 11.9. The summed E-state index contributed by atoms with van der Waals surface area (Å²) in [5, 5.41) is 0. The van der Waals surface area contributed by atoms with E-state index in [1.165, 1.54) is 0 Å². The van der Waals surface area contributed by atoms with Crippen molar-refractivity contribution < 1.29 is 26.3 Å². The van der Waals surface area contributed by atoms with Gasteiger partial charge in [-0.25, -0.2) is 4.98 Å². The predicted octanol–water partition coefficient (Wildman–Crippen LogP) is 4.15. The Labute approximate surface area is 88.1 Å². The number of rotatable bonds is 0. The quantitative estimate of drug-likeness (QED) is 0.626. The molecule has 1 aromatic heterocycles. The summed E-state index contributed by atoms with van der Waals surface area (Å²) in [7, 11) is 0. The summed E-state index contributed by atoms with van der Waals surface area (Å²) in [6.07, 6.45) is -9.72. The minimum Gasteiger partial charge on any atom is -0.239 e.